The molecule has 4 N–H and O–H groups in total. The van der Waals surface area contributed by atoms with Crippen LogP contribution in [0.1, 0.15) is 10.6 Å². The van der Waals surface area contributed by atoms with Crippen LogP contribution in [0.4, 0.5) is 5.95 Å². The van der Waals surface area contributed by atoms with Crippen LogP contribution in [0, 0.1) is 0 Å². The van der Waals surface area contributed by atoms with Crippen molar-refractivity contribution in [1.82, 2.24) is 20.3 Å². The molecule has 82 valence electrons. The maximum absolute atomic E-state index is 11.3. The molecule has 0 aliphatic carbocycles. The van der Waals surface area contributed by atoms with Crippen molar-refractivity contribution in [2.24, 2.45) is 0 Å². The topological polar surface area (TPSA) is 123 Å². The molecule has 0 spiro atoms. The van der Waals surface area contributed by atoms with Crippen LogP contribution >= 0.6 is 0 Å². The second-order valence-electron chi connectivity index (χ2n) is 2.48. The summed E-state index contributed by atoms with van der Waals surface area (Å²) in [5.74, 6) is -0.791. The van der Waals surface area contributed by atoms with E-state index < -0.39 is 5.91 Å². The second-order valence-corrected chi connectivity index (χ2v) is 2.48. The predicted molar refractivity (Wildman–Crippen MR) is 50.2 cm³/mol. The Hall–Kier alpha value is -1.96. The Balaban J connectivity index is 2.83. The Kier molecular flexibility index (Phi) is 3.75. The van der Waals surface area contributed by atoms with E-state index in [2.05, 4.69) is 20.3 Å². The molecule has 0 unspecified atom stereocenters. The number of nitrogens with two attached hydrogens (primary N) is 1. The fourth-order valence-electron chi connectivity index (χ4n) is 0.813. The first-order valence-electron chi connectivity index (χ1n) is 4.12. The maximum atomic E-state index is 11.3. The van der Waals surface area contributed by atoms with Gasteiger partial charge >= 0.3 is 6.01 Å². The summed E-state index contributed by atoms with van der Waals surface area (Å²) in [5.41, 5.74) is 5.33. The molecular weight excluding hydrogens is 202 g/mol. The standard InChI is InChI=1S/C7H11N5O3/c1-15-7-11-4(10-6(8)12-7)5(14)9-2-3-13/h13H,2-3H2,1H3,(H,9,14)(H2,8,10,11,12). The number of nitrogen functional groups attached to an aromatic ring is 1. The molecule has 1 aromatic heterocycles. The number of aliphatic hydroxyl groups excluding tert-OH is 1. The molecule has 0 aromatic carbocycles. The number of anilines is 1. The lowest BCUT2D eigenvalue weighted by molar-refractivity contribution is 0.0933. The van der Waals surface area contributed by atoms with E-state index in [1.54, 1.807) is 0 Å². The largest absolute Gasteiger partial charge is 0.467 e. The SMILES string of the molecule is COc1nc(N)nc(C(=O)NCCO)n1. The smallest absolute Gasteiger partial charge is 0.321 e. The summed E-state index contributed by atoms with van der Waals surface area (Å²) in [6, 6.07) is -0.0309. The van der Waals surface area contributed by atoms with Gasteiger partial charge in [-0.1, -0.05) is 0 Å². The summed E-state index contributed by atoms with van der Waals surface area (Å²) < 4.78 is 4.72. The number of methoxy groups -OCH3 is 1. The molecule has 0 radical (unpaired) electrons. The van der Waals surface area contributed by atoms with E-state index in [-0.39, 0.29) is 30.9 Å². The zero-order valence-corrected chi connectivity index (χ0v) is 8.10. The molecule has 0 bridgehead atoms. The number of nitrogens with one attached hydrogen (secondary N) is 1. The minimum atomic E-state index is -0.545. The van der Waals surface area contributed by atoms with Crippen LogP contribution < -0.4 is 15.8 Å². The van der Waals surface area contributed by atoms with E-state index in [9.17, 15) is 4.79 Å². The average molecular weight is 213 g/mol. The van der Waals surface area contributed by atoms with Crippen LogP contribution in [0.15, 0.2) is 0 Å². The molecule has 0 saturated carbocycles. The summed E-state index contributed by atoms with van der Waals surface area (Å²) in [4.78, 5) is 22.3. The van der Waals surface area contributed by atoms with Gasteiger partial charge in [0.2, 0.25) is 11.8 Å². The highest BCUT2D eigenvalue weighted by Crippen LogP contribution is 2.03. The van der Waals surface area contributed by atoms with Gasteiger partial charge in [0.15, 0.2) is 0 Å². The van der Waals surface area contributed by atoms with Gasteiger partial charge in [0.1, 0.15) is 0 Å². The van der Waals surface area contributed by atoms with E-state index in [1.165, 1.54) is 7.11 Å². The number of hydrogen-bond acceptors (Lipinski definition) is 7. The van der Waals surface area contributed by atoms with Crippen LogP contribution in [0.2, 0.25) is 0 Å². The van der Waals surface area contributed by atoms with E-state index in [1.807, 2.05) is 0 Å². The Morgan fingerprint density at radius 1 is 1.53 bits per heavy atom. The molecule has 15 heavy (non-hydrogen) atoms. The molecular formula is C7H11N5O3. The third-order valence-electron chi connectivity index (χ3n) is 1.42. The van der Waals surface area contributed by atoms with Gasteiger partial charge in [-0.15, -0.1) is 0 Å². The lowest BCUT2D eigenvalue weighted by Gasteiger charge is -2.03. The fourth-order valence-corrected chi connectivity index (χ4v) is 0.813. The third kappa shape index (κ3) is 3.02. The van der Waals surface area contributed by atoms with E-state index in [0.717, 1.165) is 0 Å². The Morgan fingerprint density at radius 2 is 2.27 bits per heavy atom. The van der Waals surface area contributed by atoms with Crippen molar-refractivity contribution in [2.45, 2.75) is 0 Å². The van der Waals surface area contributed by atoms with Crippen LogP contribution in [0.3, 0.4) is 0 Å². The monoisotopic (exact) mass is 213 g/mol. The molecule has 8 nitrogen and oxygen atoms in total. The second kappa shape index (κ2) is 5.05. The van der Waals surface area contributed by atoms with Gasteiger partial charge in [-0.25, -0.2) is 0 Å². The molecule has 1 rings (SSSR count). The summed E-state index contributed by atoms with van der Waals surface area (Å²) >= 11 is 0. The number of aliphatic hydroxyl groups is 1. The van der Waals surface area contributed by atoms with Crippen molar-refractivity contribution in [1.29, 1.82) is 0 Å². The molecule has 1 aromatic rings. The first-order valence-corrected chi connectivity index (χ1v) is 4.12. The highest BCUT2D eigenvalue weighted by molar-refractivity contribution is 5.90. The maximum Gasteiger partial charge on any atom is 0.321 e. The lowest BCUT2D eigenvalue weighted by Crippen LogP contribution is -2.28. The summed E-state index contributed by atoms with van der Waals surface area (Å²) in [7, 11) is 1.35. The Morgan fingerprint density at radius 3 is 2.87 bits per heavy atom. The normalized spacial score (nSPS) is 9.73. The van der Waals surface area contributed by atoms with Crippen molar-refractivity contribution >= 4 is 11.9 Å². The Bertz CT molecular complexity index is 356. The van der Waals surface area contributed by atoms with E-state index >= 15 is 0 Å². The number of amides is 1. The van der Waals surface area contributed by atoms with Crippen LogP contribution in [-0.2, 0) is 0 Å². The highest BCUT2D eigenvalue weighted by atomic mass is 16.5. The number of nitrogens with zero attached hydrogens (tertiary/aromatic N) is 3. The number of hydrogen-bond donors (Lipinski definition) is 3. The zero-order chi connectivity index (χ0) is 11.3. The van der Waals surface area contributed by atoms with Gasteiger partial charge < -0.3 is 20.9 Å². The number of ether oxygens (including phenoxy) is 1. The molecule has 1 amide bonds. The number of aromatic nitrogens is 3. The zero-order valence-electron chi connectivity index (χ0n) is 8.10. The molecule has 0 saturated heterocycles. The lowest BCUT2D eigenvalue weighted by atomic mass is 10.5. The van der Waals surface area contributed by atoms with Crippen molar-refractivity contribution in [3.05, 3.63) is 5.82 Å². The van der Waals surface area contributed by atoms with E-state index in [4.69, 9.17) is 15.6 Å². The minimum Gasteiger partial charge on any atom is -0.467 e. The van der Waals surface area contributed by atoms with Gasteiger partial charge in [-0.2, -0.15) is 15.0 Å². The van der Waals surface area contributed by atoms with Crippen molar-refractivity contribution in [3.63, 3.8) is 0 Å². The minimum absolute atomic E-state index is 0.0309. The molecule has 0 aliphatic heterocycles. The summed E-state index contributed by atoms with van der Waals surface area (Å²) in [6.07, 6.45) is 0. The summed E-state index contributed by atoms with van der Waals surface area (Å²) in [6.45, 7) is -0.0455. The predicted octanol–water partition coefficient (Wildman–Crippen LogP) is -1.82. The van der Waals surface area contributed by atoms with E-state index in [0.29, 0.717) is 0 Å². The fraction of sp³-hybridized carbons (Fsp3) is 0.429. The van der Waals surface area contributed by atoms with Crippen molar-refractivity contribution in [3.8, 4) is 6.01 Å². The van der Waals surface area contributed by atoms with Crippen molar-refractivity contribution in [2.75, 3.05) is 26.0 Å². The third-order valence-corrected chi connectivity index (χ3v) is 1.42. The number of carbonyl (C=O) groups is 1. The molecule has 0 aliphatic rings. The van der Waals surface area contributed by atoms with Gasteiger partial charge in [0.05, 0.1) is 13.7 Å². The molecule has 0 atom stereocenters. The van der Waals surface area contributed by atoms with Gasteiger partial charge in [-0.3, -0.25) is 4.79 Å². The van der Waals surface area contributed by atoms with Gasteiger partial charge in [-0.05, 0) is 0 Å². The van der Waals surface area contributed by atoms with Crippen LogP contribution in [-0.4, -0.2) is 46.2 Å². The first kappa shape index (κ1) is 11.1. The quantitative estimate of drug-likeness (QED) is 0.538. The Labute approximate surface area is 85.5 Å². The summed E-state index contributed by atoms with van der Waals surface area (Å²) in [5, 5.41) is 10.9. The average Bonchev–Trinajstić information content (AvgIpc) is 2.24. The van der Waals surface area contributed by atoms with Gasteiger partial charge in [0.25, 0.3) is 5.91 Å². The molecule has 8 heteroatoms. The highest BCUT2D eigenvalue weighted by Gasteiger charge is 2.12. The molecule has 0 fully saturated rings. The molecule has 1 heterocycles. The van der Waals surface area contributed by atoms with Gasteiger partial charge in [0, 0.05) is 6.54 Å². The first-order chi connectivity index (χ1) is 7.17. The number of carbonyl (C=O) groups excluding carboxylic acids is 1. The van der Waals surface area contributed by atoms with Crippen molar-refractivity contribution < 1.29 is 14.6 Å². The van der Waals surface area contributed by atoms with Crippen LogP contribution in [0.5, 0.6) is 6.01 Å². The van der Waals surface area contributed by atoms with Crippen LogP contribution in [0.25, 0.3) is 0 Å². The number of rotatable bonds is 4.